The summed E-state index contributed by atoms with van der Waals surface area (Å²) in [6, 6.07) is 0. The van der Waals surface area contributed by atoms with Gasteiger partial charge in [0.05, 0.1) is 11.2 Å². The van der Waals surface area contributed by atoms with Crippen LogP contribution in [0.25, 0.3) is 0 Å². The van der Waals surface area contributed by atoms with E-state index in [-0.39, 0.29) is 31.1 Å². The molecular weight excluding hydrogens is 321 g/mol. The Morgan fingerprint density at radius 1 is 1.14 bits per heavy atom. The van der Waals surface area contributed by atoms with Gasteiger partial charge >= 0.3 is 6.18 Å². The van der Waals surface area contributed by atoms with Crippen molar-refractivity contribution in [3.8, 4) is 0 Å². The third-order valence-corrected chi connectivity index (χ3v) is 8.11. The summed E-state index contributed by atoms with van der Waals surface area (Å²) >= 11 is 0. The van der Waals surface area contributed by atoms with E-state index in [1.807, 2.05) is 13.8 Å². The van der Waals surface area contributed by atoms with Gasteiger partial charge in [0.1, 0.15) is 0 Å². The van der Waals surface area contributed by atoms with Crippen molar-refractivity contribution in [2.24, 2.45) is 17.8 Å². The molecule has 3 atom stereocenters. The van der Waals surface area contributed by atoms with Crippen molar-refractivity contribution in [1.29, 1.82) is 0 Å². The smallest absolute Gasteiger partial charge is 0.315 e. The molecule has 0 amide bonds. The van der Waals surface area contributed by atoms with E-state index in [2.05, 4.69) is 0 Å². The fourth-order valence-electron chi connectivity index (χ4n) is 2.95. The van der Waals surface area contributed by atoms with Crippen LogP contribution in [0.5, 0.6) is 0 Å². The van der Waals surface area contributed by atoms with Crippen LogP contribution in [0.4, 0.5) is 13.2 Å². The van der Waals surface area contributed by atoms with Crippen LogP contribution in [0, 0.1) is 17.8 Å². The highest BCUT2D eigenvalue weighted by molar-refractivity contribution is 7.88. The first-order chi connectivity index (χ1) is 9.24. The van der Waals surface area contributed by atoms with Crippen molar-refractivity contribution >= 4 is 18.4 Å². The van der Waals surface area contributed by atoms with Crippen molar-refractivity contribution in [3.05, 3.63) is 0 Å². The molecule has 1 fully saturated rings. The second-order valence-corrected chi connectivity index (χ2v) is 13.7. The SMILES string of the molecule is CC(C)C1CCC(C(F)(F)F)CC1S(=O)(=O)O[Si](C)(C)C. The zero-order valence-electron chi connectivity index (χ0n) is 13.2. The lowest BCUT2D eigenvalue weighted by molar-refractivity contribution is -0.184. The minimum atomic E-state index is -4.34. The first kappa shape index (κ1) is 19.0. The molecule has 0 aromatic carbocycles. The molecule has 0 aliphatic heterocycles. The molecule has 0 spiro atoms. The van der Waals surface area contributed by atoms with Crippen LogP contribution >= 0.6 is 0 Å². The van der Waals surface area contributed by atoms with E-state index in [1.54, 1.807) is 19.6 Å². The van der Waals surface area contributed by atoms with Gasteiger partial charge < -0.3 is 3.87 Å². The maximum absolute atomic E-state index is 12.9. The summed E-state index contributed by atoms with van der Waals surface area (Å²) in [5.74, 6) is -1.80. The minimum Gasteiger partial charge on any atom is -0.315 e. The average Bonchev–Trinajstić information content (AvgIpc) is 2.23. The molecule has 0 heterocycles. The van der Waals surface area contributed by atoms with Crippen LogP contribution in [0.15, 0.2) is 0 Å². The van der Waals surface area contributed by atoms with Crippen molar-refractivity contribution < 1.29 is 25.5 Å². The Morgan fingerprint density at radius 2 is 1.67 bits per heavy atom. The lowest BCUT2D eigenvalue weighted by atomic mass is 9.76. The van der Waals surface area contributed by atoms with Crippen molar-refractivity contribution in [2.45, 2.75) is 64.2 Å². The predicted molar refractivity (Wildman–Crippen MR) is 78.9 cm³/mol. The van der Waals surface area contributed by atoms with Gasteiger partial charge in [-0.3, -0.25) is 0 Å². The maximum Gasteiger partial charge on any atom is 0.391 e. The topological polar surface area (TPSA) is 43.4 Å². The third kappa shape index (κ3) is 5.24. The lowest BCUT2D eigenvalue weighted by Gasteiger charge is -2.39. The van der Waals surface area contributed by atoms with Crippen molar-refractivity contribution in [2.75, 3.05) is 0 Å². The molecule has 21 heavy (non-hydrogen) atoms. The van der Waals surface area contributed by atoms with Gasteiger partial charge in [-0.15, -0.1) is 0 Å². The van der Waals surface area contributed by atoms with E-state index < -0.39 is 35.8 Å². The monoisotopic (exact) mass is 346 g/mol. The molecule has 1 aliphatic carbocycles. The Kier molecular flexibility index (Phi) is 5.60. The van der Waals surface area contributed by atoms with Crippen molar-refractivity contribution in [3.63, 3.8) is 0 Å². The standard InChI is InChI=1S/C13H25F3O3SSi/c1-9(2)11-7-6-10(13(14,15)16)8-12(11)20(17,18)19-21(3,4)5/h9-12H,6-8H2,1-5H3. The maximum atomic E-state index is 12.9. The normalized spacial score (nSPS) is 28.9. The lowest BCUT2D eigenvalue weighted by Crippen LogP contribution is -2.45. The molecule has 0 bridgehead atoms. The van der Waals surface area contributed by atoms with E-state index in [1.165, 1.54) is 0 Å². The Bertz CT molecular complexity index is 454. The van der Waals surface area contributed by atoms with Gasteiger partial charge in [0, 0.05) is 0 Å². The second kappa shape index (κ2) is 6.20. The van der Waals surface area contributed by atoms with E-state index >= 15 is 0 Å². The van der Waals surface area contributed by atoms with Gasteiger partial charge in [0.15, 0.2) is 0 Å². The third-order valence-electron chi connectivity index (χ3n) is 3.90. The van der Waals surface area contributed by atoms with Crippen LogP contribution in [-0.4, -0.2) is 28.2 Å². The summed E-state index contributed by atoms with van der Waals surface area (Å²) in [4.78, 5) is 0. The number of alkyl halides is 3. The molecule has 126 valence electrons. The molecule has 0 radical (unpaired) electrons. The van der Waals surface area contributed by atoms with E-state index in [9.17, 15) is 21.6 Å². The number of rotatable bonds is 4. The average molecular weight is 346 g/mol. The zero-order chi connectivity index (χ0) is 16.6. The van der Waals surface area contributed by atoms with Crippen LogP contribution in [0.1, 0.15) is 33.1 Å². The molecule has 8 heteroatoms. The Balaban J connectivity index is 3.06. The summed E-state index contributed by atoms with van der Waals surface area (Å²) in [6.07, 6.45) is -4.43. The van der Waals surface area contributed by atoms with Crippen LogP contribution in [0.2, 0.25) is 19.6 Å². The molecule has 1 saturated carbocycles. The Morgan fingerprint density at radius 3 is 2.05 bits per heavy atom. The second-order valence-electron chi connectivity index (χ2n) is 7.19. The largest absolute Gasteiger partial charge is 0.391 e. The molecule has 0 aromatic rings. The van der Waals surface area contributed by atoms with Crippen LogP contribution < -0.4 is 0 Å². The Hall–Kier alpha value is -0.0831. The molecule has 3 nitrogen and oxygen atoms in total. The van der Waals surface area contributed by atoms with Crippen molar-refractivity contribution in [1.82, 2.24) is 0 Å². The quantitative estimate of drug-likeness (QED) is 0.718. The first-order valence-corrected chi connectivity index (χ1v) is 12.1. The predicted octanol–water partition coefficient (Wildman–Crippen LogP) is 4.17. The van der Waals surface area contributed by atoms with Gasteiger partial charge in [-0.25, -0.2) is 8.42 Å². The number of hydrogen-bond donors (Lipinski definition) is 0. The van der Waals surface area contributed by atoms with E-state index in [4.69, 9.17) is 3.87 Å². The molecule has 0 N–H and O–H groups in total. The summed E-state index contributed by atoms with van der Waals surface area (Å²) in [6.45, 7) is 8.88. The molecule has 1 aliphatic rings. The first-order valence-electron chi connectivity index (χ1n) is 7.25. The summed E-state index contributed by atoms with van der Waals surface area (Å²) in [5.41, 5.74) is 0. The van der Waals surface area contributed by atoms with Gasteiger partial charge in [0.25, 0.3) is 10.1 Å². The highest BCUT2D eigenvalue weighted by Crippen LogP contribution is 2.44. The fourth-order valence-corrected chi connectivity index (χ4v) is 7.58. The summed E-state index contributed by atoms with van der Waals surface area (Å²) in [7, 11) is -6.34. The minimum absolute atomic E-state index is 0.00527. The van der Waals surface area contributed by atoms with Gasteiger partial charge in [0.2, 0.25) is 8.32 Å². The molecule has 1 rings (SSSR count). The van der Waals surface area contributed by atoms with Gasteiger partial charge in [-0.05, 0) is 50.7 Å². The molecule has 3 unspecified atom stereocenters. The van der Waals surface area contributed by atoms with Crippen LogP contribution in [0.3, 0.4) is 0 Å². The number of halogens is 3. The molecule has 0 saturated heterocycles. The summed E-state index contributed by atoms with van der Waals surface area (Å²) < 4.78 is 68.9. The van der Waals surface area contributed by atoms with Crippen LogP contribution in [-0.2, 0) is 14.0 Å². The van der Waals surface area contributed by atoms with Gasteiger partial charge in [-0.2, -0.15) is 13.2 Å². The number of hydrogen-bond acceptors (Lipinski definition) is 3. The molecular formula is C13H25F3O3SSi. The Labute approximate surface area is 126 Å². The molecule has 0 aromatic heterocycles. The fraction of sp³-hybridized carbons (Fsp3) is 1.00. The van der Waals surface area contributed by atoms with E-state index in [0.717, 1.165) is 0 Å². The van der Waals surface area contributed by atoms with Gasteiger partial charge in [-0.1, -0.05) is 13.8 Å². The highest BCUT2D eigenvalue weighted by atomic mass is 32.2. The van der Waals surface area contributed by atoms with E-state index in [0.29, 0.717) is 0 Å². The zero-order valence-corrected chi connectivity index (χ0v) is 15.0. The summed E-state index contributed by atoms with van der Waals surface area (Å²) in [5, 5.41) is -1.05. The highest BCUT2D eigenvalue weighted by Gasteiger charge is 2.50.